The van der Waals surface area contributed by atoms with Crippen LogP contribution in [0.2, 0.25) is 0 Å². The molecule has 0 aromatic carbocycles. The zero-order valence-corrected chi connectivity index (χ0v) is 11.2. The SMILES string of the molecule is COC[C@@]12CCOC([C@H](C)O1)[C@H]2OP(C)(=O)O. The Bertz CT molecular complexity index is 325. The Labute approximate surface area is 101 Å². The summed E-state index contributed by atoms with van der Waals surface area (Å²) < 4.78 is 33.3. The molecule has 0 spiro atoms. The lowest BCUT2D eigenvalue weighted by atomic mass is 9.90. The third-order valence-electron chi connectivity index (χ3n) is 3.23. The van der Waals surface area contributed by atoms with Crippen LogP contribution >= 0.6 is 7.60 Å². The first-order valence-electron chi connectivity index (χ1n) is 5.65. The Kier molecular flexibility index (Phi) is 3.65. The predicted octanol–water partition coefficient (Wildman–Crippen LogP) is 0.780. The highest BCUT2D eigenvalue weighted by molar-refractivity contribution is 7.51. The molecule has 2 rings (SSSR count). The smallest absolute Gasteiger partial charge is 0.325 e. The molecule has 0 saturated carbocycles. The second-order valence-electron chi connectivity index (χ2n) is 4.74. The van der Waals surface area contributed by atoms with Crippen LogP contribution < -0.4 is 0 Å². The van der Waals surface area contributed by atoms with Crippen molar-refractivity contribution in [3.05, 3.63) is 0 Å². The molecule has 1 N–H and O–H groups in total. The maximum atomic E-state index is 11.4. The van der Waals surface area contributed by atoms with Crippen molar-refractivity contribution in [3.63, 3.8) is 0 Å². The molecule has 2 saturated heterocycles. The summed E-state index contributed by atoms with van der Waals surface area (Å²) in [7, 11) is -2.00. The molecule has 2 heterocycles. The lowest BCUT2D eigenvalue weighted by molar-refractivity contribution is -0.138. The summed E-state index contributed by atoms with van der Waals surface area (Å²) in [6.45, 7) is 3.94. The van der Waals surface area contributed by atoms with Crippen LogP contribution in [0.5, 0.6) is 0 Å². The van der Waals surface area contributed by atoms with E-state index in [1.807, 2.05) is 6.92 Å². The van der Waals surface area contributed by atoms with Crippen LogP contribution in [0.4, 0.5) is 0 Å². The maximum Gasteiger partial charge on any atom is 0.325 e. The second-order valence-corrected chi connectivity index (χ2v) is 6.55. The van der Waals surface area contributed by atoms with Gasteiger partial charge >= 0.3 is 7.60 Å². The summed E-state index contributed by atoms with van der Waals surface area (Å²) in [5.74, 6) is 0. The van der Waals surface area contributed by atoms with E-state index in [0.29, 0.717) is 19.6 Å². The fourth-order valence-electron chi connectivity index (χ4n) is 2.64. The van der Waals surface area contributed by atoms with Gasteiger partial charge in [0.15, 0.2) is 0 Å². The van der Waals surface area contributed by atoms with Crippen LogP contribution in [0.1, 0.15) is 13.3 Å². The molecule has 100 valence electrons. The maximum absolute atomic E-state index is 11.4. The van der Waals surface area contributed by atoms with E-state index in [4.69, 9.17) is 18.7 Å². The molecular weight excluding hydrogens is 247 g/mol. The molecule has 0 aromatic rings. The van der Waals surface area contributed by atoms with Crippen molar-refractivity contribution >= 4 is 7.60 Å². The summed E-state index contributed by atoms with van der Waals surface area (Å²) in [6, 6.07) is 0. The molecular formula is C10H19O6P. The Balaban J connectivity index is 2.24. The van der Waals surface area contributed by atoms with Crippen LogP contribution in [0.25, 0.3) is 0 Å². The van der Waals surface area contributed by atoms with Gasteiger partial charge < -0.3 is 19.1 Å². The Hall–Kier alpha value is 0.0300. The van der Waals surface area contributed by atoms with Crippen LogP contribution in [-0.2, 0) is 23.3 Å². The number of hydrogen-bond donors (Lipinski definition) is 1. The van der Waals surface area contributed by atoms with Gasteiger partial charge in [0.05, 0.1) is 19.3 Å². The van der Waals surface area contributed by atoms with Crippen molar-refractivity contribution < 1.29 is 28.2 Å². The van der Waals surface area contributed by atoms with Gasteiger partial charge in [0.25, 0.3) is 0 Å². The van der Waals surface area contributed by atoms with Gasteiger partial charge in [-0.15, -0.1) is 0 Å². The minimum absolute atomic E-state index is 0.163. The van der Waals surface area contributed by atoms with Gasteiger partial charge in [-0.1, -0.05) is 0 Å². The van der Waals surface area contributed by atoms with Crippen LogP contribution in [-0.4, -0.2) is 55.8 Å². The standard InChI is InChI=1S/C10H19O6P/c1-7-8-9(16-17(3,11)12)10(15-7,6-13-2)4-5-14-8/h7-9H,4-6H2,1-3H3,(H,11,12)/t7-,8?,9+,10+/m0/s1. The quantitative estimate of drug-likeness (QED) is 0.758. The van der Waals surface area contributed by atoms with E-state index < -0.39 is 19.3 Å². The monoisotopic (exact) mass is 266 g/mol. The van der Waals surface area contributed by atoms with Crippen LogP contribution in [0, 0.1) is 0 Å². The zero-order chi connectivity index (χ0) is 12.7. The van der Waals surface area contributed by atoms with Crippen LogP contribution in [0.3, 0.4) is 0 Å². The van der Waals surface area contributed by atoms with E-state index in [9.17, 15) is 9.46 Å². The van der Waals surface area contributed by atoms with Crippen molar-refractivity contribution in [3.8, 4) is 0 Å². The fraction of sp³-hybridized carbons (Fsp3) is 1.00. The van der Waals surface area contributed by atoms with Gasteiger partial charge in [0, 0.05) is 20.2 Å². The summed E-state index contributed by atoms with van der Waals surface area (Å²) in [6.07, 6.45) is -0.414. The van der Waals surface area contributed by atoms with E-state index in [1.54, 1.807) is 7.11 Å². The largest absolute Gasteiger partial charge is 0.382 e. The van der Waals surface area contributed by atoms with Gasteiger partial charge in [0.2, 0.25) is 0 Å². The van der Waals surface area contributed by atoms with E-state index in [-0.39, 0.29) is 12.2 Å². The highest BCUT2D eigenvalue weighted by atomic mass is 31.2. The van der Waals surface area contributed by atoms with E-state index in [0.717, 1.165) is 0 Å². The lowest BCUT2D eigenvalue weighted by Crippen LogP contribution is -2.52. The Morgan fingerprint density at radius 3 is 2.88 bits per heavy atom. The number of rotatable bonds is 4. The Morgan fingerprint density at radius 1 is 1.59 bits per heavy atom. The first kappa shape index (κ1) is 13.5. The molecule has 0 radical (unpaired) electrons. The molecule has 0 aliphatic carbocycles. The van der Waals surface area contributed by atoms with Crippen molar-refractivity contribution in [2.75, 3.05) is 27.0 Å². The van der Waals surface area contributed by atoms with Crippen molar-refractivity contribution in [1.29, 1.82) is 0 Å². The average Bonchev–Trinajstić information content (AvgIpc) is 2.35. The van der Waals surface area contributed by atoms with Gasteiger partial charge in [-0.25, -0.2) is 0 Å². The molecule has 7 heteroatoms. The summed E-state index contributed by atoms with van der Waals surface area (Å²) >= 11 is 0. The topological polar surface area (TPSA) is 74.2 Å². The molecule has 2 aliphatic heterocycles. The minimum atomic E-state index is -3.58. The minimum Gasteiger partial charge on any atom is -0.382 e. The average molecular weight is 266 g/mol. The number of ether oxygens (including phenoxy) is 3. The molecule has 6 nitrogen and oxygen atoms in total. The van der Waals surface area contributed by atoms with Crippen molar-refractivity contribution in [1.82, 2.24) is 0 Å². The highest BCUT2D eigenvalue weighted by Crippen LogP contribution is 2.49. The lowest BCUT2D eigenvalue weighted by Gasteiger charge is -2.38. The van der Waals surface area contributed by atoms with E-state index in [2.05, 4.69) is 0 Å². The van der Waals surface area contributed by atoms with Crippen LogP contribution in [0.15, 0.2) is 0 Å². The number of methoxy groups -OCH3 is 1. The van der Waals surface area contributed by atoms with E-state index in [1.165, 1.54) is 6.66 Å². The molecule has 0 aromatic heterocycles. The van der Waals surface area contributed by atoms with Gasteiger partial charge in [-0.05, 0) is 6.92 Å². The molecule has 2 aliphatic rings. The molecule has 5 atom stereocenters. The van der Waals surface area contributed by atoms with Crippen molar-refractivity contribution in [2.45, 2.75) is 37.3 Å². The fourth-order valence-corrected chi connectivity index (χ4v) is 3.37. The molecule has 17 heavy (non-hydrogen) atoms. The predicted molar refractivity (Wildman–Crippen MR) is 60.1 cm³/mol. The molecule has 2 unspecified atom stereocenters. The van der Waals surface area contributed by atoms with Gasteiger partial charge in [0.1, 0.15) is 17.8 Å². The molecule has 0 amide bonds. The highest BCUT2D eigenvalue weighted by Gasteiger charge is 2.59. The number of fused-ring (bicyclic) bond motifs is 2. The van der Waals surface area contributed by atoms with Crippen molar-refractivity contribution in [2.24, 2.45) is 0 Å². The Morgan fingerprint density at radius 2 is 2.29 bits per heavy atom. The zero-order valence-electron chi connectivity index (χ0n) is 10.3. The number of hydrogen-bond acceptors (Lipinski definition) is 5. The third-order valence-corrected chi connectivity index (χ3v) is 3.85. The molecule has 2 bridgehead atoms. The second kappa shape index (κ2) is 4.61. The third kappa shape index (κ3) is 2.57. The normalized spacial score (nSPS) is 44.6. The first-order valence-corrected chi connectivity index (χ1v) is 7.67. The molecule has 2 fully saturated rings. The summed E-state index contributed by atoms with van der Waals surface area (Å²) in [4.78, 5) is 9.38. The van der Waals surface area contributed by atoms with E-state index >= 15 is 0 Å². The summed E-state index contributed by atoms with van der Waals surface area (Å²) in [5, 5.41) is 0. The van der Waals surface area contributed by atoms with Gasteiger partial charge in [-0.3, -0.25) is 9.09 Å². The summed E-state index contributed by atoms with van der Waals surface area (Å²) in [5.41, 5.74) is -0.661. The van der Waals surface area contributed by atoms with Gasteiger partial charge in [-0.2, -0.15) is 0 Å². The first-order chi connectivity index (χ1) is 7.88.